The van der Waals surface area contributed by atoms with Crippen LogP contribution < -0.4 is 10.6 Å². The largest absolute Gasteiger partial charge is 0.396 e. The van der Waals surface area contributed by atoms with Gasteiger partial charge in [0, 0.05) is 13.2 Å². The molecule has 2 heterocycles. The fourth-order valence-electron chi connectivity index (χ4n) is 2.81. The molecule has 1 aromatic carbocycles. The third-order valence-electron chi connectivity index (χ3n) is 3.88. The van der Waals surface area contributed by atoms with Gasteiger partial charge in [0.2, 0.25) is 0 Å². The van der Waals surface area contributed by atoms with E-state index in [-0.39, 0.29) is 19.1 Å². The predicted octanol–water partition coefficient (Wildman–Crippen LogP) is 0.797. The molecule has 3 amide bonds. The Hall–Kier alpha value is -2.48. The van der Waals surface area contributed by atoms with E-state index >= 15 is 0 Å². The van der Waals surface area contributed by atoms with Crippen molar-refractivity contribution in [3.05, 3.63) is 46.7 Å². The average molecular weight is 323 g/mol. The van der Waals surface area contributed by atoms with Crippen molar-refractivity contribution >= 4 is 11.9 Å². The van der Waals surface area contributed by atoms with Gasteiger partial charge in [0.25, 0.3) is 5.91 Å². The molecule has 23 heavy (non-hydrogen) atoms. The third kappa shape index (κ3) is 2.77. The van der Waals surface area contributed by atoms with E-state index < -0.39 is 23.7 Å². The molecule has 0 aromatic heterocycles. The number of urea groups is 1. The van der Waals surface area contributed by atoms with Gasteiger partial charge in [-0.25, -0.2) is 13.6 Å². The van der Waals surface area contributed by atoms with Crippen LogP contribution >= 0.6 is 0 Å². The highest BCUT2D eigenvalue weighted by Gasteiger charge is 2.40. The topological polar surface area (TPSA) is 81.7 Å². The minimum absolute atomic E-state index is 0.0499. The van der Waals surface area contributed by atoms with Gasteiger partial charge in [-0.3, -0.25) is 4.79 Å². The Balaban J connectivity index is 1.94. The van der Waals surface area contributed by atoms with Gasteiger partial charge in [0.05, 0.1) is 23.9 Å². The summed E-state index contributed by atoms with van der Waals surface area (Å²) in [5, 5.41) is 14.0. The molecule has 2 aliphatic rings. The molecular weight excluding hydrogens is 308 g/mol. The van der Waals surface area contributed by atoms with E-state index in [4.69, 9.17) is 5.11 Å². The maximum absolute atomic E-state index is 13.5. The molecule has 122 valence electrons. The molecule has 8 heteroatoms. The summed E-state index contributed by atoms with van der Waals surface area (Å²) in [5.41, 5.74) is 1.06. The summed E-state index contributed by atoms with van der Waals surface area (Å²) in [5.74, 6) is -2.33. The second-order valence-electron chi connectivity index (χ2n) is 5.40. The van der Waals surface area contributed by atoms with E-state index in [9.17, 15) is 18.4 Å². The van der Waals surface area contributed by atoms with Crippen molar-refractivity contribution in [2.75, 3.05) is 19.7 Å². The smallest absolute Gasteiger partial charge is 0.319 e. The maximum Gasteiger partial charge on any atom is 0.319 e. The average Bonchev–Trinajstić information content (AvgIpc) is 2.83. The van der Waals surface area contributed by atoms with Gasteiger partial charge in [-0.1, -0.05) is 6.07 Å². The quantitative estimate of drug-likeness (QED) is 0.766. The Morgan fingerprint density at radius 3 is 2.74 bits per heavy atom. The Bertz CT molecular complexity index is 705. The van der Waals surface area contributed by atoms with Gasteiger partial charge in [0.1, 0.15) is 0 Å². The number of carbonyl (C=O) groups is 2. The number of aliphatic hydroxyl groups is 1. The van der Waals surface area contributed by atoms with Crippen LogP contribution in [0.3, 0.4) is 0 Å². The molecule has 3 rings (SSSR count). The van der Waals surface area contributed by atoms with Gasteiger partial charge in [-0.05, 0) is 24.1 Å². The number of hydrogen-bond donors (Lipinski definition) is 3. The van der Waals surface area contributed by atoms with Gasteiger partial charge in [-0.15, -0.1) is 0 Å². The van der Waals surface area contributed by atoms with Crippen molar-refractivity contribution < 1.29 is 23.5 Å². The van der Waals surface area contributed by atoms with Gasteiger partial charge < -0.3 is 20.6 Å². The zero-order chi connectivity index (χ0) is 16.6. The van der Waals surface area contributed by atoms with Crippen molar-refractivity contribution in [3.63, 3.8) is 0 Å². The van der Waals surface area contributed by atoms with E-state index in [1.54, 1.807) is 0 Å². The van der Waals surface area contributed by atoms with Crippen LogP contribution in [0.4, 0.5) is 13.6 Å². The van der Waals surface area contributed by atoms with Crippen LogP contribution in [0.25, 0.3) is 0 Å². The zero-order valence-corrected chi connectivity index (χ0v) is 12.1. The molecule has 0 bridgehead atoms. The monoisotopic (exact) mass is 323 g/mol. The van der Waals surface area contributed by atoms with Gasteiger partial charge >= 0.3 is 6.03 Å². The van der Waals surface area contributed by atoms with Gasteiger partial charge in [0.15, 0.2) is 11.6 Å². The lowest BCUT2D eigenvalue weighted by Gasteiger charge is -2.25. The molecule has 0 saturated carbocycles. The first-order valence-corrected chi connectivity index (χ1v) is 7.17. The summed E-state index contributed by atoms with van der Waals surface area (Å²) in [6, 6.07) is 1.93. The van der Waals surface area contributed by atoms with Crippen LogP contribution in [-0.4, -0.2) is 41.6 Å². The van der Waals surface area contributed by atoms with Crippen molar-refractivity contribution in [2.45, 2.75) is 12.5 Å². The van der Waals surface area contributed by atoms with Crippen LogP contribution in [0.15, 0.2) is 29.5 Å². The number of amides is 3. The number of carbonyl (C=O) groups excluding carboxylic acids is 2. The summed E-state index contributed by atoms with van der Waals surface area (Å²) in [6.07, 6.45) is 0.420. The van der Waals surface area contributed by atoms with E-state index in [2.05, 4.69) is 10.6 Å². The van der Waals surface area contributed by atoms with E-state index in [0.717, 1.165) is 12.1 Å². The molecule has 3 N–H and O–H groups in total. The Morgan fingerprint density at radius 1 is 1.26 bits per heavy atom. The van der Waals surface area contributed by atoms with Crippen LogP contribution in [-0.2, 0) is 4.79 Å². The number of benzene rings is 1. The number of nitrogens with zero attached hydrogens (tertiary/aromatic N) is 1. The van der Waals surface area contributed by atoms with Crippen molar-refractivity contribution in [1.82, 2.24) is 15.5 Å². The van der Waals surface area contributed by atoms with E-state index in [1.807, 2.05) is 0 Å². The molecule has 6 nitrogen and oxygen atoms in total. The highest BCUT2D eigenvalue weighted by atomic mass is 19.2. The summed E-state index contributed by atoms with van der Waals surface area (Å²) in [4.78, 5) is 25.8. The number of nitrogens with one attached hydrogen (secondary N) is 2. The predicted molar refractivity (Wildman–Crippen MR) is 76.1 cm³/mol. The highest BCUT2D eigenvalue weighted by molar-refractivity contribution is 6.01. The SMILES string of the molecule is O=C1NC2=C(C(=O)N(CCCO)C2)[C@@H](c2ccc(F)c(F)c2)N1. The zero-order valence-electron chi connectivity index (χ0n) is 12.1. The molecule has 0 aliphatic carbocycles. The lowest BCUT2D eigenvalue weighted by atomic mass is 9.96. The summed E-state index contributed by atoms with van der Waals surface area (Å²) < 4.78 is 26.6. The van der Waals surface area contributed by atoms with E-state index in [1.165, 1.54) is 11.0 Å². The van der Waals surface area contributed by atoms with Crippen LogP contribution in [0.2, 0.25) is 0 Å². The lowest BCUT2D eigenvalue weighted by Crippen LogP contribution is -2.44. The first-order valence-electron chi connectivity index (χ1n) is 7.17. The fraction of sp³-hybridized carbons (Fsp3) is 0.333. The molecule has 0 spiro atoms. The lowest BCUT2D eigenvalue weighted by molar-refractivity contribution is -0.125. The highest BCUT2D eigenvalue weighted by Crippen LogP contribution is 2.32. The van der Waals surface area contributed by atoms with Crippen LogP contribution in [0.5, 0.6) is 0 Å². The molecule has 1 atom stereocenters. The molecule has 0 radical (unpaired) electrons. The maximum atomic E-state index is 13.5. The molecular formula is C15H15F2N3O3. The Morgan fingerprint density at radius 2 is 2.04 bits per heavy atom. The standard InChI is InChI=1S/C15H15F2N3O3/c16-9-3-2-8(6-10(9)17)13-12-11(18-15(23)19-13)7-20(14(12)22)4-1-5-21/h2-3,6,13,21H,1,4-5,7H2,(H2,18,19,23)/t13-/m1/s1. The van der Waals surface area contributed by atoms with Crippen molar-refractivity contribution in [2.24, 2.45) is 0 Å². The molecule has 2 aliphatic heterocycles. The van der Waals surface area contributed by atoms with Crippen molar-refractivity contribution in [1.29, 1.82) is 0 Å². The number of halogens is 2. The first kappa shape index (κ1) is 15.4. The number of rotatable bonds is 4. The fourth-order valence-corrected chi connectivity index (χ4v) is 2.81. The van der Waals surface area contributed by atoms with Gasteiger partial charge in [-0.2, -0.15) is 0 Å². The number of aliphatic hydroxyl groups excluding tert-OH is 1. The molecule has 0 saturated heterocycles. The summed E-state index contributed by atoms with van der Waals surface area (Å²) in [6.45, 7) is 0.524. The number of hydrogen-bond acceptors (Lipinski definition) is 3. The Labute approximate surface area is 130 Å². The molecule has 1 aromatic rings. The first-order chi connectivity index (χ1) is 11.0. The molecule has 0 unspecified atom stereocenters. The third-order valence-corrected chi connectivity index (χ3v) is 3.88. The minimum atomic E-state index is -1.04. The van der Waals surface area contributed by atoms with Crippen molar-refractivity contribution in [3.8, 4) is 0 Å². The molecule has 0 fully saturated rings. The normalized spacial score (nSPS) is 20.5. The second-order valence-corrected chi connectivity index (χ2v) is 5.40. The second kappa shape index (κ2) is 5.96. The van der Waals surface area contributed by atoms with E-state index in [0.29, 0.717) is 29.8 Å². The minimum Gasteiger partial charge on any atom is -0.396 e. The van der Waals surface area contributed by atoms with Crippen LogP contribution in [0, 0.1) is 11.6 Å². The van der Waals surface area contributed by atoms with Crippen LogP contribution in [0.1, 0.15) is 18.0 Å². The summed E-state index contributed by atoms with van der Waals surface area (Å²) in [7, 11) is 0. The summed E-state index contributed by atoms with van der Waals surface area (Å²) >= 11 is 0. The Kier molecular flexibility index (Phi) is 3.99.